The lowest BCUT2D eigenvalue weighted by atomic mass is 9.90. The largest absolute Gasteiger partial charge is 0.497 e. The van der Waals surface area contributed by atoms with Gasteiger partial charge in [-0.05, 0) is 48.2 Å². The van der Waals surface area contributed by atoms with E-state index in [1.54, 1.807) is 7.11 Å². The number of hydrogen-bond donors (Lipinski definition) is 1. The number of carbonyl (C=O) groups is 1. The van der Waals surface area contributed by atoms with Crippen LogP contribution in [0.3, 0.4) is 0 Å². The second kappa shape index (κ2) is 4.82. The summed E-state index contributed by atoms with van der Waals surface area (Å²) in [5, 5.41) is 5.47. The van der Waals surface area contributed by atoms with Crippen molar-refractivity contribution in [2.45, 2.75) is 31.7 Å². The Balaban J connectivity index is 1.88. The van der Waals surface area contributed by atoms with E-state index in [1.165, 1.54) is 16.3 Å². The summed E-state index contributed by atoms with van der Waals surface area (Å²) in [6.07, 6.45) is 2.43. The van der Waals surface area contributed by atoms with Crippen molar-refractivity contribution in [3.8, 4) is 5.75 Å². The van der Waals surface area contributed by atoms with E-state index < -0.39 is 0 Å². The van der Waals surface area contributed by atoms with Crippen LogP contribution in [0.15, 0.2) is 36.4 Å². The molecule has 2 aromatic rings. The van der Waals surface area contributed by atoms with Gasteiger partial charge in [-0.2, -0.15) is 0 Å². The monoisotopic (exact) mass is 269 g/mol. The van der Waals surface area contributed by atoms with Gasteiger partial charge in [-0.15, -0.1) is 0 Å². The van der Waals surface area contributed by atoms with Crippen molar-refractivity contribution in [3.63, 3.8) is 0 Å². The first kappa shape index (κ1) is 13.0. The topological polar surface area (TPSA) is 38.3 Å². The van der Waals surface area contributed by atoms with Crippen LogP contribution in [-0.2, 0) is 11.2 Å². The molecule has 0 radical (unpaired) electrons. The smallest absolute Gasteiger partial charge is 0.220 e. The van der Waals surface area contributed by atoms with Gasteiger partial charge in [0.2, 0.25) is 5.91 Å². The van der Waals surface area contributed by atoms with Crippen molar-refractivity contribution in [2.24, 2.45) is 0 Å². The van der Waals surface area contributed by atoms with Crippen LogP contribution in [0.1, 0.15) is 25.3 Å². The van der Waals surface area contributed by atoms with Crippen molar-refractivity contribution in [1.29, 1.82) is 0 Å². The molecule has 0 aliphatic carbocycles. The number of nitrogens with one attached hydrogen (secondary N) is 1. The fraction of sp³-hybridized carbons (Fsp3) is 0.353. The fourth-order valence-electron chi connectivity index (χ4n) is 2.94. The average molecular weight is 269 g/mol. The quantitative estimate of drug-likeness (QED) is 0.930. The maximum Gasteiger partial charge on any atom is 0.220 e. The van der Waals surface area contributed by atoms with Gasteiger partial charge in [0.25, 0.3) is 0 Å². The highest BCUT2D eigenvalue weighted by Gasteiger charge is 2.32. The molecule has 0 spiro atoms. The van der Waals surface area contributed by atoms with Crippen LogP contribution in [0.25, 0.3) is 10.8 Å². The van der Waals surface area contributed by atoms with Crippen LogP contribution in [0.2, 0.25) is 0 Å². The zero-order chi connectivity index (χ0) is 14.2. The Hall–Kier alpha value is -2.03. The SMILES string of the molecule is COc1ccc2cc(CC3(C)CCC(=O)N3)ccc2c1. The van der Waals surface area contributed by atoms with Crippen molar-refractivity contribution in [3.05, 3.63) is 42.0 Å². The number of ether oxygens (including phenoxy) is 1. The van der Waals surface area contributed by atoms with E-state index in [0.29, 0.717) is 6.42 Å². The zero-order valence-corrected chi connectivity index (χ0v) is 11.9. The van der Waals surface area contributed by atoms with E-state index in [4.69, 9.17) is 4.74 Å². The lowest BCUT2D eigenvalue weighted by molar-refractivity contribution is -0.119. The summed E-state index contributed by atoms with van der Waals surface area (Å²) < 4.78 is 5.24. The number of rotatable bonds is 3. The molecule has 3 nitrogen and oxygen atoms in total. The number of amides is 1. The summed E-state index contributed by atoms with van der Waals surface area (Å²) >= 11 is 0. The summed E-state index contributed by atoms with van der Waals surface area (Å²) in [5.74, 6) is 1.04. The molecular formula is C17H19NO2. The lowest BCUT2D eigenvalue weighted by Crippen LogP contribution is -2.40. The third kappa shape index (κ3) is 2.48. The molecule has 1 aliphatic heterocycles. The summed E-state index contributed by atoms with van der Waals surface area (Å²) in [6, 6.07) is 12.5. The number of fused-ring (bicyclic) bond motifs is 1. The van der Waals surface area contributed by atoms with E-state index in [9.17, 15) is 4.79 Å². The molecule has 2 aromatic carbocycles. The Morgan fingerprint density at radius 1 is 1.20 bits per heavy atom. The van der Waals surface area contributed by atoms with Gasteiger partial charge in [0.1, 0.15) is 5.75 Å². The van der Waals surface area contributed by atoms with Crippen LogP contribution in [0.4, 0.5) is 0 Å². The predicted molar refractivity (Wildman–Crippen MR) is 80.0 cm³/mol. The molecule has 1 saturated heterocycles. The van der Waals surface area contributed by atoms with Gasteiger partial charge >= 0.3 is 0 Å². The Morgan fingerprint density at radius 3 is 2.65 bits per heavy atom. The number of benzene rings is 2. The van der Waals surface area contributed by atoms with Crippen LogP contribution in [0, 0.1) is 0 Å². The number of methoxy groups -OCH3 is 1. The van der Waals surface area contributed by atoms with E-state index in [0.717, 1.165) is 18.6 Å². The zero-order valence-electron chi connectivity index (χ0n) is 11.9. The molecule has 0 aromatic heterocycles. The molecule has 1 unspecified atom stereocenters. The Labute approximate surface area is 118 Å². The molecule has 0 bridgehead atoms. The van der Waals surface area contributed by atoms with Gasteiger partial charge in [0.15, 0.2) is 0 Å². The maximum atomic E-state index is 11.4. The molecule has 0 saturated carbocycles. The summed E-state index contributed by atoms with van der Waals surface area (Å²) in [6.45, 7) is 2.12. The molecule has 1 aliphatic rings. The third-order valence-corrected chi connectivity index (χ3v) is 4.05. The van der Waals surface area contributed by atoms with Crippen LogP contribution in [-0.4, -0.2) is 18.6 Å². The van der Waals surface area contributed by atoms with E-state index in [1.807, 2.05) is 12.1 Å². The highest BCUT2D eigenvalue weighted by Crippen LogP contribution is 2.27. The van der Waals surface area contributed by atoms with Gasteiger partial charge in [-0.25, -0.2) is 0 Å². The molecular weight excluding hydrogens is 250 g/mol. The van der Waals surface area contributed by atoms with E-state index >= 15 is 0 Å². The standard InChI is InChI=1S/C17H19NO2/c1-17(8-7-16(19)18-17)11-12-3-4-14-10-15(20-2)6-5-13(14)9-12/h3-6,9-10H,7-8,11H2,1-2H3,(H,18,19). The summed E-state index contributed by atoms with van der Waals surface area (Å²) in [4.78, 5) is 11.4. The molecule has 1 heterocycles. The van der Waals surface area contributed by atoms with E-state index in [2.05, 4.69) is 36.5 Å². The third-order valence-electron chi connectivity index (χ3n) is 4.05. The van der Waals surface area contributed by atoms with Gasteiger partial charge in [-0.3, -0.25) is 4.79 Å². The molecule has 104 valence electrons. The molecule has 1 atom stereocenters. The summed E-state index contributed by atoms with van der Waals surface area (Å²) in [7, 11) is 1.68. The molecule has 1 amide bonds. The highest BCUT2D eigenvalue weighted by atomic mass is 16.5. The predicted octanol–water partition coefficient (Wildman–Crippen LogP) is 3.06. The van der Waals surface area contributed by atoms with Gasteiger partial charge < -0.3 is 10.1 Å². The lowest BCUT2D eigenvalue weighted by Gasteiger charge is -2.24. The van der Waals surface area contributed by atoms with Crippen LogP contribution >= 0.6 is 0 Å². The minimum atomic E-state index is -0.1000. The molecule has 1 fully saturated rings. The summed E-state index contributed by atoms with van der Waals surface area (Å²) in [5.41, 5.74) is 1.16. The first-order valence-corrected chi connectivity index (χ1v) is 6.96. The van der Waals surface area contributed by atoms with Gasteiger partial charge in [0, 0.05) is 12.0 Å². The average Bonchev–Trinajstić information content (AvgIpc) is 2.77. The van der Waals surface area contributed by atoms with Crippen molar-refractivity contribution in [1.82, 2.24) is 5.32 Å². The molecule has 1 N–H and O–H groups in total. The second-order valence-electron chi connectivity index (χ2n) is 5.83. The van der Waals surface area contributed by atoms with Gasteiger partial charge in [-0.1, -0.05) is 24.3 Å². The Kier molecular flexibility index (Phi) is 3.13. The minimum absolute atomic E-state index is 0.1000. The Morgan fingerprint density at radius 2 is 1.95 bits per heavy atom. The van der Waals surface area contributed by atoms with Gasteiger partial charge in [0.05, 0.1) is 7.11 Å². The molecule has 3 heteroatoms. The number of carbonyl (C=O) groups excluding carboxylic acids is 1. The van der Waals surface area contributed by atoms with Crippen molar-refractivity contribution in [2.75, 3.05) is 7.11 Å². The van der Waals surface area contributed by atoms with Crippen LogP contribution in [0.5, 0.6) is 5.75 Å². The first-order valence-electron chi connectivity index (χ1n) is 6.96. The molecule has 3 rings (SSSR count). The number of hydrogen-bond acceptors (Lipinski definition) is 2. The first-order chi connectivity index (χ1) is 9.58. The van der Waals surface area contributed by atoms with E-state index in [-0.39, 0.29) is 11.4 Å². The van der Waals surface area contributed by atoms with Crippen molar-refractivity contribution < 1.29 is 9.53 Å². The minimum Gasteiger partial charge on any atom is -0.497 e. The highest BCUT2D eigenvalue weighted by molar-refractivity contribution is 5.84. The molecule has 20 heavy (non-hydrogen) atoms. The maximum absolute atomic E-state index is 11.4. The van der Waals surface area contributed by atoms with Crippen molar-refractivity contribution >= 4 is 16.7 Å². The fourth-order valence-corrected chi connectivity index (χ4v) is 2.94. The second-order valence-corrected chi connectivity index (χ2v) is 5.83. The van der Waals surface area contributed by atoms with Crippen LogP contribution < -0.4 is 10.1 Å². The Bertz CT molecular complexity index is 665. The normalized spacial score (nSPS) is 22.0.